The molecule has 0 saturated heterocycles. The van der Waals surface area contributed by atoms with Gasteiger partial charge in [0.05, 0.1) is 11.3 Å². The summed E-state index contributed by atoms with van der Waals surface area (Å²) in [5.41, 5.74) is 2.67. The van der Waals surface area contributed by atoms with Crippen LogP contribution >= 0.6 is 0 Å². The molecule has 0 bridgehead atoms. The van der Waals surface area contributed by atoms with Gasteiger partial charge in [0.1, 0.15) is 5.82 Å². The maximum atomic E-state index is 12.5. The highest BCUT2D eigenvalue weighted by Gasteiger charge is 2.33. The Bertz CT molecular complexity index is 292. The summed E-state index contributed by atoms with van der Waals surface area (Å²) in [4.78, 5) is 0. The summed E-state index contributed by atoms with van der Waals surface area (Å²) in [6, 6.07) is 3.49. The van der Waals surface area contributed by atoms with Gasteiger partial charge in [-0.2, -0.15) is 13.2 Å². The Morgan fingerprint density at radius 1 is 1.33 bits per heavy atom. The molecule has 1 rings (SSSR count). The molecule has 1 nitrogen and oxygen atoms in total. The number of rotatable bonds is 0. The van der Waals surface area contributed by atoms with Gasteiger partial charge in [-0.1, -0.05) is 6.07 Å². The fraction of sp³-hybridized carbons (Fsp3) is 0.143. The number of anilines is 1. The number of hydrogen-bond acceptors (Lipinski definition) is 1. The Balaban J connectivity index is 3.26. The van der Waals surface area contributed by atoms with Crippen LogP contribution in [0.5, 0.6) is 0 Å². The van der Waals surface area contributed by atoms with E-state index in [1.165, 1.54) is 0 Å². The second-order valence-corrected chi connectivity index (χ2v) is 2.11. The molecule has 0 aromatic heterocycles. The molecule has 1 aromatic carbocycles. The van der Waals surface area contributed by atoms with Crippen molar-refractivity contribution in [1.82, 2.24) is 0 Å². The van der Waals surface area contributed by atoms with Crippen LogP contribution in [0.4, 0.5) is 23.2 Å². The van der Waals surface area contributed by atoms with E-state index in [0.717, 1.165) is 12.1 Å². The molecule has 0 spiro atoms. The molecule has 12 heavy (non-hydrogen) atoms. The van der Waals surface area contributed by atoms with E-state index in [9.17, 15) is 17.6 Å². The number of benzene rings is 1. The summed E-state index contributed by atoms with van der Waals surface area (Å²) in [5.74, 6) is -1.08. The van der Waals surface area contributed by atoms with E-state index >= 15 is 0 Å². The highest BCUT2D eigenvalue weighted by molar-refractivity contribution is 5.48. The first-order chi connectivity index (χ1) is 5.43. The number of hydrogen-bond donors (Lipinski definition) is 1. The second kappa shape index (κ2) is 2.66. The average Bonchev–Trinajstić information content (AvgIpc) is 1.92. The summed E-state index contributed by atoms with van der Waals surface area (Å²) in [7, 11) is 0. The lowest BCUT2D eigenvalue weighted by atomic mass is 10.1. The monoisotopic (exact) mass is 178 g/mol. The van der Waals surface area contributed by atoms with Crippen molar-refractivity contribution in [2.24, 2.45) is 0 Å². The van der Waals surface area contributed by atoms with E-state index in [2.05, 4.69) is 0 Å². The minimum atomic E-state index is -4.65. The summed E-state index contributed by atoms with van der Waals surface area (Å²) in [6.07, 6.45) is -4.65. The van der Waals surface area contributed by atoms with Crippen molar-refractivity contribution in [3.05, 3.63) is 29.6 Å². The Morgan fingerprint density at radius 3 is 2.33 bits per heavy atom. The molecule has 0 aliphatic heterocycles. The second-order valence-electron chi connectivity index (χ2n) is 2.11. The van der Waals surface area contributed by atoms with E-state index < -0.39 is 23.2 Å². The van der Waals surface area contributed by atoms with Gasteiger partial charge in [0.2, 0.25) is 0 Å². The third-order valence-electron chi connectivity index (χ3n) is 1.27. The number of nitrogen functional groups attached to an aromatic ring is 1. The summed E-state index contributed by atoms with van der Waals surface area (Å²) < 4.78 is 48.3. The van der Waals surface area contributed by atoms with Crippen LogP contribution < -0.4 is 5.73 Å². The third-order valence-corrected chi connectivity index (χ3v) is 1.27. The summed E-state index contributed by atoms with van der Waals surface area (Å²) >= 11 is 0. The van der Waals surface area contributed by atoms with Crippen molar-refractivity contribution in [2.45, 2.75) is 6.18 Å². The fourth-order valence-corrected chi connectivity index (χ4v) is 0.720. The lowest BCUT2D eigenvalue weighted by Gasteiger charge is -2.08. The maximum absolute atomic E-state index is 12.5. The first-order valence-electron chi connectivity index (χ1n) is 2.96. The van der Waals surface area contributed by atoms with Gasteiger partial charge >= 0.3 is 6.18 Å². The third kappa shape index (κ3) is 1.49. The molecule has 2 N–H and O–H groups in total. The van der Waals surface area contributed by atoms with Gasteiger partial charge in [-0.3, -0.25) is 0 Å². The van der Waals surface area contributed by atoms with E-state index in [4.69, 9.17) is 5.73 Å². The van der Waals surface area contributed by atoms with E-state index in [1.54, 1.807) is 0 Å². The molecule has 0 fully saturated rings. The van der Waals surface area contributed by atoms with Crippen LogP contribution in [0.2, 0.25) is 0 Å². The van der Waals surface area contributed by atoms with Crippen molar-refractivity contribution < 1.29 is 17.6 Å². The lowest BCUT2D eigenvalue weighted by molar-refractivity contribution is -0.137. The first-order valence-corrected chi connectivity index (χ1v) is 2.96. The largest absolute Gasteiger partial charge is 0.419 e. The molecule has 0 heterocycles. The van der Waals surface area contributed by atoms with E-state index in [1.807, 2.05) is 6.07 Å². The quantitative estimate of drug-likeness (QED) is 0.478. The molecule has 0 aliphatic carbocycles. The predicted octanol–water partition coefficient (Wildman–Crippen LogP) is 2.23. The standard InChI is InChI=1S/C7H4F4N/c8-5-3-1-2-4(6(5)12)7(9,10)11/h1,3H,12H2. The molecule has 65 valence electrons. The average molecular weight is 178 g/mol. The van der Waals surface area contributed by atoms with Gasteiger partial charge in [0.25, 0.3) is 0 Å². The topological polar surface area (TPSA) is 26.0 Å². The Labute approximate surface area is 65.8 Å². The van der Waals surface area contributed by atoms with Crippen molar-refractivity contribution in [1.29, 1.82) is 0 Å². The Kier molecular flexibility index (Phi) is 1.95. The van der Waals surface area contributed by atoms with Crippen LogP contribution in [0.1, 0.15) is 5.56 Å². The Morgan fingerprint density at radius 2 is 1.92 bits per heavy atom. The minimum Gasteiger partial charge on any atom is -0.396 e. The SMILES string of the molecule is Nc1c(C(F)(F)F)[c]ccc1F. The van der Waals surface area contributed by atoms with Gasteiger partial charge in [0, 0.05) is 0 Å². The maximum Gasteiger partial charge on any atom is 0.419 e. The smallest absolute Gasteiger partial charge is 0.396 e. The van der Waals surface area contributed by atoms with Crippen LogP contribution in [0, 0.1) is 11.9 Å². The Hall–Kier alpha value is -1.26. The van der Waals surface area contributed by atoms with Gasteiger partial charge < -0.3 is 5.73 Å². The zero-order chi connectivity index (χ0) is 9.35. The van der Waals surface area contributed by atoms with Crippen molar-refractivity contribution in [3.8, 4) is 0 Å². The predicted molar refractivity (Wildman–Crippen MR) is 34.7 cm³/mol. The van der Waals surface area contributed by atoms with Gasteiger partial charge in [0.15, 0.2) is 0 Å². The van der Waals surface area contributed by atoms with Crippen molar-refractivity contribution in [2.75, 3.05) is 5.73 Å². The van der Waals surface area contributed by atoms with Gasteiger partial charge in [-0.25, -0.2) is 4.39 Å². The summed E-state index contributed by atoms with van der Waals surface area (Å²) in [6.45, 7) is 0. The van der Waals surface area contributed by atoms with Crippen LogP contribution in [-0.2, 0) is 6.18 Å². The van der Waals surface area contributed by atoms with Crippen molar-refractivity contribution >= 4 is 5.69 Å². The van der Waals surface area contributed by atoms with E-state index in [-0.39, 0.29) is 0 Å². The zero-order valence-corrected chi connectivity index (χ0v) is 5.74. The first kappa shape index (κ1) is 8.83. The lowest BCUT2D eigenvalue weighted by Crippen LogP contribution is -2.10. The van der Waals surface area contributed by atoms with Crippen molar-refractivity contribution in [3.63, 3.8) is 0 Å². The number of halogens is 4. The zero-order valence-electron chi connectivity index (χ0n) is 5.74. The molecular weight excluding hydrogens is 174 g/mol. The van der Waals surface area contributed by atoms with Gasteiger partial charge in [-0.05, 0) is 12.1 Å². The molecular formula is C7H4F4N. The van der Waals surface area contributed by atoms with Crippen LogP contribution in [-0.4, -0.2) is 0 Å². The number of alkyl halides is 3. The highest BCUT2D eigenvalue weighted by atomic mass is 19.4. The molecule has 0 aliphatic rings. The van der Waals surface area contributed by atoms with Crippen LogP contribution in [0.3, 0.4) is 0 Å². The molecule has 0 amide bonds. The van der Waals surface area contributed by atoms with Crippen LogP contribution in [0.25, 0.3) is 0 Å². The fourth-order valence-electron chi connectivity index (χ4n) is 0.720. The molecule has 0 saturated carbocycles. The molecule has 0 unspecified atom stereocenters. The molecule has 0 atom stereocenters. The van der Waals surface area contributed by atoms with E-state index in [0.29, 0.717) is 0 Å². The normalized spacial score (nSPS) is 11.7. The molecule has 1 aromatic rings. The van der Waals surface area contributed by atoms with Crippen LogP contribution in [0.15, 0.2) is 12.1 Å². The van der Waals surface area contributed by atoms with Gasteiger partial charge in [-0.15, -0.1) is 0 Å². The molecule has 1 radical (unpaired) electrons. The highest BCUT2D eigenvalue weighted by Crippen LogP contribution is 2.33. The number of nitrogens with two attached hydrogens (primary N) is 1. The minimum absolute atomic E-state index is 0.824. The molecule has 5 heteroatoms. The summed E-state index contributed by atoms with van der Waals surface area (Å²) in [5, 5.41) is 0.